The van der Waals surface area contributed by atoms with Crippen LogP contribution in [0.1, 0.15) is 29.5 Å². The average molecular weight is 283 g/mol. The molecule has 3 heteroatoms. The highest BCUT2D eigenvalue weighted by molar-refractivity contribution is 5.92. The minimum absolute atomic E-state index is 0.184. The number of hydrogen-bond donors (Lipinski definition) is 1. The molecule has 2 aromatic carbocycles. The Morgan fingerprint density at radius 2 is 1.81 bits per heavy atom. The number of aryl methyl sites for hydroxylation is 2. The van der Waals surface area contributed by atoms with E-state index in [2.05, 4.69) is 17.4 Å². The summed E-state index contributed by atoms with van der Waals surface area (Å²) in [6.45, 7) is 0. The van der Waals surface area contributed by atoms with Crippen LogP contribution in [0, 0.1) is 5.82 Å². The van der Waals surface area contributed by atoms with Crippen molar-refractivity contribution >= 4 is 11.6 Å². The van der Waals surface area contributed by atoms with Gasteiger partial charge in [0.25, 0.3) is 0 Å². The SMILES string of the molecule is O=C(Cc1ccc2c(c1)CCCC2)Nc1ccccc1F. The Morgan fingerprint density at radius 1 is 1.05 bits per heavy atom. The Labute approximate surface area is 124 Å². The van der Waals surface area contributed by atoms with Gasteiger partial charge in [-0.1, -0.05) is 30.3 Å². The van der Waals surface area contributed by atoms with Gasteiger partial charge < -0.3 is 5.32 Å². The van der Waals surface area contributed by atoms with Gasteiger partial charge in [0.1, 0.15) is 5.82 Å². The fourth-order valence-electron chi connectivity index (χ4n) is 2.84. The minimum Gasteiger partial charge on any atom is -0.323 e. The zero-order valence-corrected chi connectivity index (χ0v) is 11.9. The average Bonchev–Trinajstić information content (AvgIpc) is 2.49. The number of nitrogens with one attached hydrogen (secondary N) is 1. The molecule has 0 spiro atoms. The van der Waals surface area contributed by atoms with E-state index in [0.29, 0.717) is 0 Å². The zero-order chi connectivity index (χ0) is 14.7. The van der Waals surface area contributed by atoms with Crippen LogP contribution < -0.4 is 5.32 Å². The number of para-hydroxylation sites is 1. The zero-order valence-electron chi connectivity index (χ0n) is 11.9. The monoisotopic (exact) mass is 283 g/mol. The first-order valence-electron chi connectivity index (χ1n) is 7.37. The molecular weight excluding hydrogens is 265 g/mol. The van der Waals surface area contributed by atoms with Gasteiger partial charge in [0.15, 0.2) is 0 Å². The molecule has 1 N–H and O–H groups in total. The summed E-state index contributed by atoms with van der Waals surface area (Å²) in [5, 5.41) is 2.62. The summed E-state index contributed by atoms with van der Waals surface area (Å²) in [4.78, 5) is 12.0. The number of rotatable bonds is 3. The Balaban J connectivity index is 1.69. The van der Waals surface area contributed by atoms with Crippen molar-refractivity contribution in [1.29, 1.82) is 0 Å². The Kier molecular flexibility index (Phi) is 4.00. The summed E-state index contributed by atoms with van der Waals surface area (Å²) in [6, 6.07) is 12.5. The van der Waals surface area contributed by atoms with Crippen LogP contribution in [-0.2, 0) is 24.1 Å². The lowest BCUT2D eigenvalue weighted by atomic mass is 9.90. The van der Waals surface area contributed by atoms with Gasteiger partial charge in [0.2, 0.25) is 5.91 Å². The third-order valence-electron chi connectivity index (χ3n) is 3.93. The highest BCUT2D eigenvalue weighted by atomic mass is 19.1. The van der Waals surface area contributed by atoms with Gasteiger partial charge >= 0.3 is 0 Å². The Hall–Kier alpha value is -2.16. The van der Waals surface area contributed by atoms with Crippen molar-refractivity contribution in [2.24, 2.45) is 0 Å². The van der Waals surface area contributed by atoms with E-state index in [1.54, 1.807) is 18.2 Å². The molecule has 0 aromatic heterocycles. The van der Waals surface area contributed by atoms with Gasteiger partial charge in [-0.05, 0) is 54.5 Å². The molecule has 0 aliphatic heterocycles. The predicted octanol–water partition coefficient (Wildman–Crippen LogP) is 3.89. The summed E-state index contributed by atoms with van der Waals surface area (Å²) in [6.07, 6.45) is 4.98. The van der Waals surface area contributed by atoms with E-state index in [1.807, 2.05) is 6.07 Å². The fraction of sp³-hybridized carbons (Fsp3) is 0.278. The minimum atomic E-state index is -0.406. The van der Waals surface area contributed by atoms with Crippen LogP contribution in [0.2, 0.25) is 0 Å². The fourth-order valence-corrected chi connectivity index (χ4v) is 2.84. The van der Waals surface area contributed by atoms with Crippen LogP contribution in [0.5, 0.6) is 0 Å². The number of hydrogen-bond acceptors (Lipinski definition) is 1. The lowest BCUT2D eigenvalue weighted by molar-refractivity contribution is -0.115. The number of carbonyl (C=O) groups excluding carboxylic acids is 1. The van der Waals surface area contributed by atoms with Gasteiger partial charge in [0, 0.05) is 0 Å². The van der Waals surface area contributed by atoms with Gasteiger partial charge in [-0.2, -0.15) is 0 Å². The summed E-state index contributed by atoms with van der Waals surface area (Å²) < 4.78 is 13.5. The number of benzene rings is 2. The van der Waals surface area contributed by atoms with Crippen LogP contribution >= 0.6 is 0 Å². The molecule has 0 heterocycles. The second-order valence-electron chi connectivity index (χ2n) is 5.51. The number of halogens is 1. The molecule has 0 unspecified atom stereocenters. The second kappa shape index (κ2) is 6.08. The highest BCUT2D eigenvalue weighted by Gasteiger charge is 2.12. The third kappa shape index (κ3) is 3.30. The third-order valence-corrected chi connectivity index (χ3v) is 3.93. The van der Waals surface area contributed by atoms with Crippen molar-refractivity contribution in [1.82, 2.24) is 0 Å². The van der Waals surface area contributed by atoms with E-state index < -0.39 is 5.82 Å². The van der Waals surface area contributed by atoms with Crippen molar-refractivity contribution in [3.8, 4) is 0 Å². The first-order chi connectivity index (χ1) is 10.2. The summed E-state index contributed by atoms with van der Waals surface area (Å²) in [5.41, 5.74) is 3.99. The van der Waals surface area contributed by atoms with Crippen molar-refractivity contribution < 1.29 is 9.18 Å². The number of anilines is 1. The van der Waals surface area contributed by atoms with E-state index in [-0.39, 0.29) is 18.0 Å². The van der Waals surface area contributed by atoms with Gasteiger partial charge in [-0.3, -0.25) is 4.79 Å². The van der Waals surface area contributed by atoms with Crippen LogP contribution in [0.3, 0.4) is 0 Å². The van der Waals surface area contributed by atoms with Crippen LogP contribution in [0.15, 0.2) is 42.5 Å². The maximum Gasteiger partial charge on any atom is 0.228 e. The first-order valence-corrected chi connectivity index (χ1v) is 7.37. The topological polar surface area (TPSA) is 29.1 Å². The molecule has 108 valence electrons. The first kappa shape index (κ1) is 13.8. The molecule has 0 atom stereocenters. The van der Waals surface area contributed by atoms with Crippen molar-refractivity contribution in [2.45, 2.75) is 32.1 Å². The number of amides is 1. The second-order valence-corrected chi connectivity index (χ2v) is 5.51. The molecule has 0 radical (unpaired) electrons. The van der Waals surface area contributed by atoms with Gasteiger partial charge in [0.05, 0.1) is 12.1 Å². The molecule has 21 heavy (non-hydrogen) atoms. The van der Waals surface area contributed by atoms with E-state index in [9.17, 15) is 9.18 Å². The largest absolute Gasteiger partial charge is 0.323 e. The molecular formula is C18H18FNO. The molecule has 0 bridgehead atoms. The van der Waals surface area contributed by atoms with Gasteiger partial charge in [-0.25, -0.2) is 4.39 Å². The number of carbonyl (C=O) groups is 1. The quantitative estimate of drug-likeness (QED) is 0.910. The van der Waals surface area contributed by atoms with E-state index in [4.69, 9.17) is 0 Å². The lowest BCUT2D eigenvalue weighted by Crippen LogP contribution is -2.15. The standard InChI is InChI=1S/C18H18FNO/c19-16-7-3-4-8-17(16)20-18(21)12-13-9-10-14-5-1-2-6-15(14)11-13/h3-4,7-11H,1-2,5-6,12H2,(H,20,21). The highest BCUT2D eigenvalue weighted by Crippen LogP contribution is 2.22. The van der Waals surface area contributed by atoms with Crippen LogP contribution in [-0.4, -0.2) is 5.91 Å². The molecule has 2 aromatic rings. The maximum absolute atomic E-state index is 13.5. The molecule has 1 amide bonds. The predicted molar refractivity (Wildman–Crippen MR) is 81.8 cm³/mol. The summed E-state index contributed by atoms with van der Waals surface area (Å²) >= 11 is 0. The van der Waals surface area contributed by atoms with Gasteiger partial charge in [-0.15, -0.1) is 0 Å². The normalized spacial score (nSPS) is 13.6. The molecule has 1 aliphatic rings. The molecule has 0 saturated heterocycles. The lowest BCUT2D eigenvalue weighted by Gasteiger charge is -2.16. The van der Waals surface area contributed by atoms with Crippen LogP contribution in [0.4, 0.5) is 10.1 Å². The Morgan fingerprint density at radius 3 is 2.62 bits per heavy atom. The summed E-state index contributed by atoms with van der Waals surface area (Å²) in [7, 11) is 0. The molecule has 2 nitrogen and oxygen atoms in total. The van der Waals surface area contributed by atoms with Crippen LogP contribution in [0.25, 0.3) is 0 Å². The smallest absolute Gasteiger partial charge is 0.228 e. The molecule has 0 fully saturated rings. The van der Waals surface area contributed by atoms with E-state index in [0.717, 1.165) is 18.4 Å². The van der Waals surface area contributed by atoms with Crippen molar-refractivity contribution in [2.75, 3.05) is 5.32 Å². The molecule has 0 saturated carbocycles. The summed E-state index contributed by atoms with van der Waals surface area (Å²) in [5.74, 6) is -0.591. The van der Waals surface area contributed by atoms with Crippen molar-refractivity contribution in [3.05, 3.63) is 65.0 Å². The molecule has 3 rings (SSSR count). The number of fused-ring (bicyclic) bond motifs is 1. The van der Waals surface area contributed by atoms with E-state index >= 15 is 0 Å². The maximum atomic E-state index is 13.5. The van der Waals surface area contributed by atoms with E-state index in [1.165, 1.54) is 30.0 Å². The molecule has 1 aliphatic carbocycles. The van der Waals surface area contributed by atoms with Crippen molar-refractivity contribution in [3.63, 3.8) is 0 Å². The Bertz CT molecular complexity index is 666.